The van der Waals surface area contributed by atoms with E-state index in [0.717, 1.165) is 25.7 Å². The molecule has 0 atom stereocenters. The van der Waals surface area contributed by atoms with Crippen LogP contribution in [0.3, 0.4) is 0 Å². The molecule has 0 aromatic heterocycles. The van der Waals surface area contributed by atoms with Gasteiger partial charge in [-0.1, -0.05) is 181 Å². The summed E-state index contributed by atoms with van der Waals surface area (Å²) in [6.07, 6.45) is 37.1. The summed E-state index contributed by atoms with van der Waals surface area (Å²) in [7, 11) is 0. The molecule has 0 spiro atoms. The van der Waals surface area contributed by atoms with Gasteiger partial charge in [-0.25, -0.2) is 0 Å². The average Bonchev–Trinajstić information content (AvgIpc) is 2.96. The molecule has 0 N–H and O–H groups in total. The summed E-state index contributed by atoms with van der Waals surface area (Å²) in [5.41, 5.74) is 0. The summed E-state index contributed by atoms with van der Waals surface area (Å²) in [6.45, 7) is 5.50. The molecule has 0 amide bonds. The van der Waals surface area contributed by atoms with Crippen LogP contribution in [0.15, 0.2) is 0 Å². The Labute approximate surface area is 348 Å². The van der Waals surface area contributed by atoms with Gasteiger partial charge in [-0.15, -0.1) is 0 Å². The van der Waals surface area contributed by atoms with Gasteiger partial charge in [0.15, 0.2) is 0 Å². The van der Waals surface area contributed by atoms with Crippen LogP contribution in [0.5, 0.6) is 0 Å². The average molecular weight is 647 g/mol. The van der Waals surface area contributed by atoms with Crippen LogP contribution in [-0.2, 0) is 19.1 Å². The SMILES string of the molecule is CCCCCCCCCCCCCCCCOC(=O)CCC(=O)OCCCCCCCCCCCCCCCC.[KH].[KH]. The van der Waals surface area contributed by atoms with Gasteiger partial charge in [0.2, 0.25) is 0 Å². The van der Waals surface area contributed by atoms with E-state index in [-0.39, 0.29) is 128 Å². The van der Waals surface area contributed by atoms with Crippen molar-refractivity contribution in [3.05, 3.63) is 0 Å². The van der Waals surface area contributed by atoms with Gasteiger partial charge in [0.1, 0.15) is 0 Å². The molecule has 0 fully saturated rings. The zero-order valence-corrected chi connectivity index (χ0v) is 27.3. The summed E-state index contributed by atoms with van der Waals surface area (Å²) < 4.78 is 10.6. The number of hydrogen-bond acceptors (Lipinski definition) is 4. The van der Waals surface area contributed by atoms with Crippen molar-refractivity contribution in [1.82, 2.24) is 0 Å². The molecular weight excluding hydrogens is 575 g/mol. The van der Waals surface area contributed by atoms with Crippen LogP contribution in [0, 0.1) is 0 Å². The van der Waals surface area contributed by atoms with Gasteiger partial charge in [0, 0.05) is 0 Å². The Hall–Kier alpha value is 2.21. The van der Waals surface area contributed by atoms with Crippen molar-refractivity contribution in [1.29, 1.82) is 0 Å². The van der Waals surface area contributed by atoms with Crippen molar-refractivity contribution >= 4 is 115 Å². The first-order chi connectivity index (χ1) is 19.7. The van der Waals surface area contributed by atoms with Crippen molar-refractivity contribution in [2.45, 2.75) is 206 Å². The molecule has 6 heteroatoms. The molecule has 0 aromatic carbocycles. The fourth-order valence-electron chi connectivity index (χ4n) is 5.31. The quantitative estimate of drug-likeness (QED) is 0.0404. The van der Waals surface area contributed by atoms with Crippen molar-refractivity contribution in [2.24, 2.45) is 0 Å². The first kappa shape index (κ1) is 48.6. The summed E-state index contributed by atoms with van der Waals surface area (Å²) in [4.78, 5) is 23.7. The molecule has 242 valence electrons. The van der Waals surface area contributed by atoms with Crippen molar-refractivity contribution in [2.75, 3.05) is 13.2 Å². The Balaban J connectivity index is -0.00000760. The van der Waals surface area contributed by atoms with Gasteiger partial charge in [0.25, 0.3) is 0 Å². The number of carbonyl (C=O) groups excluding carboxylic acids is 2. The van der Waals surface area contributed by atoms with Crippen molar-refractivity contribution in [3.63, 3.8) is 0 Å². The number of unbranched alkanes of at least 4 members (excludes halogenated alkanes) is 26. The third-order valence-electron chi connectivity index (χ3n) is 8.06. The van der Waals surface area contributed by atoms with Gasteiger partial charge < -0.3 is 9.47 Å². The first-order valence-electron chi connectivity index (χ1n) is 18.0. The number of carbonyl (C=O) groups is 2. The Morgan fingerprint density at radius 1 is 0.333 bits per heavy atom. The molecule has 0 aromatic rings. The molecule has 0 unspecified atom stereocenters. The van der Waals surface area contributed by atoms with Crippen LogP contribution >= 0.6 is 0 Å². The maximum atomic E-state index is 11.9. The molecule has 4 nitrogen and oxygen atoms in total. The van der Waals surface area contributed by atoms with Gasteiger partial charge in [-0.3, -0.25) is 9.59 Å². The second-order valence-corrected chi connectivity index (χ2v) is 12.1. The second-order valence-electron chi connectivity index (χ2n) is 12.1. The molecule has 42 heavy (non-hydrogen) atoms. The van der Waals surface area contributed by atoms with E-state index in [1.54, 1.807) is 0 Å². The van der Waals surface area contributed by atoms with Crippen LogP contribution < -0.4 is 0 Å². The number of esters is 2. The maximum absolute atomic E-state index is 11.9. The number of hydrogen-bond donors (Lipinski definition) is 0. The van der Waals surface area contributed by atoms with Gasteiger partial charge in [-0.2, -0.15) is 0 Å². The molecule has 0 radical (unpaired) electrons. The summed E-state index contributed by atoms with van der Waals surface area (Å²) in [5, 5.41) is 0. The summed E-state index contributed by atoms with van der Waals surface area (Å²) in [5.74, 6) is -0.550. The predicted octanol–water partition coefficient (Wildman–Crippen LogP) is 10.5. The monoisotopic (exact) mass is 646 g/mol. The van der Waals surface area contributed by atoms with E-state index in [0.29, 0.717) is 13.2 Å². The Bertz CT molecular complexity index is 485. The van der Waals surface area contributed by atoms with E-state index >= 15 is 0 Å². The van der Waals surface area contributed by atoms with Crippen LogP contribution in [0.2, 0.25) is 0 Å². The second kappa shape index (κ2) is 43.2. The third-order valence-corrected chi connectivity index (χ3v) is 8.06. The summed E-state index contributed by atoms with van der Waals surface area (Å²) >= 11 is 0. The molecule has 0 saturated carbocycles. The van der Waals surface area contributed by atoms with Crippen LogP contribution in [0.4, 0.5) is 0 Å². The Morgan fingerprint density at radius 3 is 0.738 bits per heavy atom. The summed E-state index contributed by atoms with van der Waals surface area (Å²) in [6, 6.07) is 0. The fraction of sp³-hybridized carbons (Fsp3) is 0.944. The zero-order valence-electron chi connectivity index (χ0n) is 27.3. The van der Waals surface area contributed by atoms with Crippen LogP contribution in [0.1, 0.15) is 206 Å². The van der Waals surface area contributed by atoms with E-state index < -0.39 is 0 Å². The molecule has 0 aliphatic rings. The van der Waals surface area contributed by atoms with E-state index in [1.165, 1.54) is 154 Å². The molecular formula is C36H72K2O4. The van der Waals surface area contributed by atoms with Gasteiger partial charge >= 0.3 is 115 Å². The predicted molar refractivity (Wildman–Crippen MR) is 186 cm³/mol. The minimum atomic E-state index is -0.275. The Morgan fingerprint density at radius 2 is 0.524 bits per heavy atom. The molecule has 0 aliphatic carbocycles. The van der Waals surface area contributed by atoms with Crippen molar-refractivity contribution < 1.29 is 19.1 Å². The third kappa shape index (κ3) is 42.2. The van der Waals surface area contributed by atoms with E-state index in [1.807, 2.05) is 0 Å². The standard InChI is InChI=1S/C36H70O4.2K.2H/c1-3-5-7-9-11-13-15-17-19-21-23-25-27-29-33-39-35(37)31-32-36(38)40-34-30-28-26-24-22-20-18-16-14-12-10-8-6-4-2;;;;/h3-34H2,1-2H3;;;;. The first-order valence-corrected chi connectivity index (χ1v) is 18.0. The van der Waals surface area contributed by atoms with Gasteiger partial charge in [-0.05, 0) is 12.8 Å². The normalized spacial score (nSPS) is 10.6. The minimum absolute atomic E-state index is 0. The van der Waals surface area contributed by atoms with E-state index in [2.05, 4.69) is 13.8 Å². The van der Waals surface area contributed by atoms with Crippen LogP contribution in [0.25, 0.3) is 0 Å². The number of rotatable bonds is 33. The van der Waals surface area contributed by atoms with E-state index in [9.17, 15) is 9.59 Å². The molecule has 0 heterocycles. The van der Waals surface area contributed by atoms with Crippen LogP contribution in [-0.4, -0.2) is 128 Å². The Kier molecular flexibility index (Phi) is 50.0. The molecule has 0 aliphatic heterocycles. The molecule has 0 saturated heterocycles. The fourth-order valence-corrected chi connectivity index (χ4v) is 5.31. The topological polar surface area (TPSA) is 52.6 Å². The molecule has 0 bridgehead atoms. The van der Waals surface area contributed by atoms with Crippen molar-refractivity contribution in [3.8, 4) is 0 Å². The molecule has 0 rings (SSSR count). The number of ether oxygens (including phenoxy) is 2. The van der Waals surface area contributed by atoms with Gasteiger partial charge in [0.05, 0.1) is 26.1 Å². The van der Waals surface area contributed by atoms with E-state index in [4.69, 9.17) is 9.47 Å². The zero-order chi connectivity index (χ0) is 29.2.